The minimum atomic E-state index is -0.593. The molecule has 0 aliphatic rings. The van der Waals surface area contributed by atoms with Gasteiger partial charge in [0.15, 0.2) is 0 Å². The van der Waals surface area contributed by atoms with E-state index in [-0.39, 0.29) is 30.2 Å². The van der Waals surface area contributed by atoms with Crippen molar-refractivity contribution in [3.63, 3.8) is 0 Å². The van der Waals surface area contributed by atoms with Gasteiger partial charge in [-0.15, -0.1) is 11.8 Å². The molecule has 0 aromatic heterocycles. The Bertz CT molecular complexity index is 826. The van der Waals surface area contributed by atoms with Gasteiger partial charge in [-0.05, 0) is 38.0 Å². The quantitative estimate of drug-likeness (QED) is 0.498. The summed E-state index contributed by atoms with van der Waals surface area (Å²) in [5, 5.41) is 3.89. The van der Waals surface area contributed by atoms with Gasteiger partial charge in [0.25, 0.3) is 0 Å². The molecule has 1 unspecified atom stereocenters. The van der Waals surface area contributed by atoms with E-state index in [4.69, 9.17) is 23.2 Å². The molecule has 2 aromatic rings. The molecule has 7 heteroatoms. The number of thioether (sulfide) groups is 1. The van der Waals surface area contributed by atoms with E-state index in [0.717, 1.165) is 11.3 Å². The SMILES string of the molecule is CCC(C(=O)NC(C)C)N(Cc1c(Cl)cccc1Cl)C(=O)CSCc1ccccc1. The van der Waals surface area contributed by atoms with Crippen LogP contribution in [0.15, 0.2) is 48.5 Å². The Hall–Kier alpha value is -1.69. The normalized spacial score (nSPS) is 11.9. The molecule has 0 spiro atoms. The van der Waals surface area contributed by atoms with Gasteiger partial charge in [-0.1, -0.05) is 66.5 Å². The summed E-state index contributed by atoms with van der Waals surface area (Å²) in [5.74, 6) is 0.708. The standard InChI is InChI=1S/C23H28Cl2N2O2S/c1-4-21(23(29)26-16(2)3)27(13-18-19(24)11-8-12-20(18)25)22(28)15-30-14-17-9-6-5-7-10-17/h5-12,16,21H,4,13-15H2,1-3H3,(H,26,29). The molecule has 162 valence electrons. The number of hydrogen-bond donors (Lipinski definition) is 1. The molecule has 2 aromatic carbocycles. The molecule has 0 saturated carbocycles. The van der Waals surface area contributed by atoms with Crippen molar-refractivity contribution in [1.82, 2.24) is 10.2 Å². The number of nitrogens with zero attached hydrogens (tertiary/aromatic N) is 1. The molecule has 0 aliphatic carbocycles. The minimum Gasteiger partial charge on any atom is -0.352 e. The highest BCUT2D eigenvalue weighted by molar-refractivity contribution is 7.99. The number of nitrogens with one attached hydrogen (secondary N) is 1. The summed E-state index contributed by atoms with van der Waals surface area (Å²) < 4.78 is 0. The lowest BCUT2D eigenvalue weighted by atomic mass is 10.1. The maximum Gasteiger partial charge on any atom is 0.243 e. The second-order valence-corrected chi connectivity index (χ2v) is 9.09. The van der Waals surface area contributed by atoms with Crippen LogP contribution in [0, 0.1) is 0 Å². The van der Waals surface area contributed by atoms with Crippen molar-refractivity contribution in [2.24, 2.45) is 0 Å². The number of halogens is 2. The molecule has 0 aliphatic heterocycles. The second kappa shape index (κ2) is 12.2. The number of carbonyl (C=O) groups excluding carboxylic acids is 2. The zero-order valence-corrected chi connectivity index (χ0v) is 19.9. The van der Waals surface area contributed by atoms with E-state index in [9.17, 15) is 9.59 Å². The monoisotopic (exact) mass is 466 g/mol. The average molecular weight is 467 g/mol. The highest BCUT2D eigenvalue weighted by Crippen LogP contribution is 2.27. The van der Waals surface area contributed by atoms with Crippen LogP contribution in [0.4, 0.5) is 0 Å². The van der Waals surface area contributed by atoms with Crippen molar-refractivity contribution in [2.45, 2.75) is 51.6 Å². The molecule has 0 fully saturated rings. The molecule has 1 N–H and O–H groups in total. The Morgan fingerprint density at radius 1 is 1.03 bits per heavy atom. The highest BCUT2D eigenvalue weighted by atomic mass is 35.5. The maximum absolute atomic E-state index is 13.2. The van der Waals surface area contributed by atoms with E-state index >= 15 is 0 Å². The summed E-state index contributed by atoms with van der Waals surface area (Å²) in [6.45, 7) is 5.89. The van der Waals surface area contributed by atoms with Crippen LogP contribution in [-0.2, 0) is 21.9 Å². The van der Waals surface area contributed by atoms with Crippen LogP contribution in [-0.4, -0.2) is 34.6 Å². The zero-order chi connectivity index (χ0) is 22.1. The molecule has 1 atom stereocenters. The molecule has 0 radical (unpaired) electrons. The lowest BCUT2D eigenvalue weighted by Crippen LogP contribution is -2.51. The number of rotatable bonds is 10. The number of amides is 2. The van der Waals surface area contributed by atoms with E-state index in [1.54, 1.807) is 23.1 Å². The van der Waals surface area contributed by atoms with Gasteiger partial charge in [0.2, 0.25) is 11.8 Å². The van der Waals surface area contributed by atoms with E-state index in [0.29, 0.717) is 22.0 Å². The summed E-state index contributed by atoms with van der Waals surface area (Å²) in [4.78, 5) is 27.6. The minimum absolute atomic E-state index is 0.0140. The molecule has 0 saturated heterocycles. The highest BCUT2D eigenvalue weighted by Gasteiger charge is 2.29. The number of benzene rings is 2. The molecular formula is C23H28Cl2N2O2S. The second-order valence-electron chi connectivity index (χ2n) is 7.29. The first-order valence-electron chi connectivity index (χ1n) is 9.97. The zero-order valence-electron chi connectivity index (χ0n) is 17.5. The Balaban J connectivity index is 2.20. The lowest BCUT2D eigenvalue weighted by Gasteiger charge is -2.31. The van der Waals surface area contributed by atoms with Crippen LogP contribution in [0.25, 0.3) is 0 Å². The largest absolute Gasteiger partial charge is 0.352 e. The van der Waals surface area contributed by atoms with Crippen molar-refractivity contribution >= 4 is 46.8 Å². The Morgan fingerprint density at radius 2 is 1.67 bits per heavy atom. The lowest BCUT2D eigenvalue weighted by molar-refractivity contribution is -0.139. The van der Waals surface area contributed by atoms with Crippen molar-refractivity contribution in [1.29, 1.82) is 0 Å². The van der Waals surface area contributed by atoms with E-state index < -0.39 is 6.04 Å². The van der Waals surface area contributed by atoms with Crippen molar-refractivity contribution in [2.75, 3.05) is 5.75 Å². The Morgan fingerprint density at radius 3 is 2.23 bits per heavy atom. The fourth-order valence-electron chi connectivity index (χ4n) is 3.07. The predicted molar refractivity (Wildman–Crippen MR) is 127 cm³/mol. The van der Waals surface area contributed by atoms with Crippen molar-refractivity contribution in [3.8, 4) is 0 Å². The fraction of sp³-hybridized carbons (Fsp3) is 0.391. The smallest absolute Gasteiger partial charge is 0.243 e. The van der Waals surface area contributed by atoms with Gasteiger partial charge in [-0.25, -0.2) is 0 Å². The van der Waals surface area contributed by atoms with Crippen LogP contribution in [0.5, 0.6) is 0 Å². The van der Waals surface area contributed by atoms with Crippen LogP contribution < -0.4 is 5.32 Å². The number of carbonyl (C=O) groups is 2. The molecule has 2 rings (SSSR count). The van der Waals surface area contributed by atoms with Gasteiger partial charge in [0, 0.05) is 33.9 Å². The molecule has 0 heterocycles. The molecule has 2 amide bonds. The fourth-order valence-corrected chi connectivity index (χ4v) is 4.45. The predicted octanol–water partition coefficient (Wildman–Crippen LogP) is 5.56. The van der Waals surface area contributed by atoms with Crippen molar-refractivity contribution < 1.29 is 9.59 Å². The van der Waals surface area contributed by atoms with Gasteiger partial charge < -0.3 is 10.2 Å². The van der Waals surface area contributed by atoms with Crippen LogP contribution in [0.3, 0.4) is 0 Å². The molecular weight excluding hydrogens is 439 g/mol. The first-order valence-corrected chi connectivity index (χ1v) is 11.9. The van der Waals surface area contributed by atoms with Crippen molar-refractivity contribution in [3.05, 3.63) is 69.7 Å². The van der Waals surface area contributed by atoms with Gasteiger partial charge in [-0.2, -0.15) is 0 Å². The average Bonchev–Trinajstić information content (AvgIpc) is 2.70. The summed E-state index contributed by atoms with van der Waals surface area (Å²) in [6.07, 6.45) is 0.496. The third kappa shape index (κ3) is 7.22. The Labute approximate surface area is 193 Å². The van der Waals surface area contributed by atoms with E-state index in [1.807, 2.05) is 51.1 Å². The van der Waals surface area contributed by atoms with Gasteiger partial charge in [0.1, 0.15) is 6.04 Å². The first kappa shape index (κ1) is 24.6. The van der Waals surface area contributed by atoms with Crippen LogP contribution >= 0.6 is 35.0 Å². The molecule has 0 bridgehead atoms. The number of hydrogen-bond acceptors (Lipinski definition) is 3. The third-order valence-electron chi connectivity index (χ3n) is 4.54. The summed E-state index contributed by atoms with van der Waals surface area (Å²) >= 11 is 14.2. The molecule has 30 heavy (non-hydrogen) atoms. The van der Waals surface area contributed by atoms with E-state index in [2.05, 4.69) is 5.32 Å². The molecule has 4 nitrogen and oxygen atoms in total. The first-order chi connectivity index (χ1) is 14.3. The maximum atomic E-state index is 13.2. The van der Waals surface area contributed by atoms with Crippen LogP contribution in [0.1, 0.15) is 38.3 Å². The Kier molecular flexibility index (Phi) is 10.0. The van der Waals surface area contributed by atoms with E-state index in [1.165, 1.54) is 11.8 Å². The summed E-state index contributed by atoms with van der Waals surface area (Å²) in [7, 11) is 0. The van der Waals surface area contributed by atoms with Crippen LogP contribution in [0.2, 0.25) is 10.0 Å². The van der Waals surface area contributed by atoms with Gasteiger partial charge >= 0.3 is 0 Å². The summed E-state index contributed by atoms with van der Waals surface area (Å²) in [6, 6.07) is 14.6. The van der Waals surface area contributed by atoms with Gasteiger partial charge in [-0.3, -0.25) is 9.59 Å². The summed E-state index contributed by atoms with van der Waals surface area (Å²) in [5.41, 5.74) is 1.80. The van der Waals surface area contributed by atoms with Gasteiger partial charge in [0.05, 0.1) is 5.75 Å². The topological polar surface area (TPSA) is 49.4 Å². The third-order valence-corrected chi connectivity index (χ3v) is 6.24.